The molecule has 0 bridgehead atoms. The van der Waals surface area contributed by atoms with Crippen LogP contribution in [0.5, 0.6) is 5.88 Å². The zero-order valence-corrected chi connectivity index (χ0v) is 13.5. The lowest BCUT2D eigenvalue weighted by Crippen LogP contribution is -2.46. The molecule has 8 heteroatoms. The van der Waals surface area contributed by atoms with E-state index in [0.29, 0.717) is 5.88 Å². The monoisotopic (exact) mass is 325 g/mol. The normalized spacial score (nSPS) is 15.8. The molecule has 1 aliphatic heterocycles. The van der Waals surface area contributed by atoms with Gasteiger partial charge in [0.25, 0.3) is 0 Å². The van der Waals surface area contributed by atoms with E-state index < -0.39 is 0 Å². The Bertz CT molecular complexity index is 826. The van der Waals surface area contributed by atoms with Crippen LogP contribution in [0.4, 0.5) is 5.82 Å². The van der Waals surface area contributed by atoms with Crippen LogP contribution in [0, 0.1) is 0 Å². The molecule has 3 aromatic heterocycles. The summed E-state index contributed by atoms with van der Waals surface area (Å²) in [6.07, 6.45) is 1.63. The minimum Gasteiger partial charge on any atom is -0.481 e. The van der Waals surface area contributed by atoms with E-state index in [0.717, 1.165) is 49.9 Å². The maximum atomic E-state index is 5.19. The van der Waals surface area contributed by atoms with Crippen LogP contribution >= 0.6 is 0 Å². The maximum Gasteiger partial charge on any atom is 0.213 e. The Morgan fingerprint density at radius 1 is 1.08 bits per heavy atom. The molecule has 4 rings (SSSR count). The van der Waals surface area contributed by atoms with Gasteiger partial charge < -0.3 is 9.64 Å². The zero-order valence-electron chi connectivity index (χ0n) is 13.5. The van der Waals surface area contributed by atoms with Crippen LogP contribution in [0.1, 0.15) is 5.69 Å². The molecule has 0 spiro atoms. The van der Waals surface area contributed by atoms with Crippen molar-refractivity contribution in [3.8, 4) is 5.88 Å². The Morgan fingerprint density at radius 3 is 2.79 bits per heavy atom. The summed E-state index contributed by atoms with van der Waals surface area (Å²) >= 11 is 0. The second-order valence-electron chi connectivity index (χ2n) is 5.76. The third-order valence-corrected chi connectivity index (χ3v) is 4.22. The summed E-state index contributed by atoms with van der Waals surface area (Å²) < 4.78 is 6.90. The number of hydrogen-bond donors (Lipinski definition) is 0. The topological polar surface area (TPSA) is 71.7 Å². The average Bonchev–Trinajstić information content (AvgIpc) is 3.10. The number of nitrogens with zero attached hydrogens (tertiary/aromatic N) is 7. The highest BCUT2D eigenvalue weighted by Gasteiger charge is 2.19. The highest BCUT2D eigenvalue weighted by molar-refractivity contribution is 5.45. The SMILES string of the molecule is COc1cccc(CN2CCN(c3ccc4nncn4n3)CC2)n1. The Morgan fingerprint density at radius 2 is 1.96 bits per heavy atom. The molecule has 0 N–H and O–H groups in total. The van der Waals surface area contributed by atoms with Gasteiger partial charge in [0, 0.05) is 38.8 Å². The van der Waals surface area contributed by atoms with E-state index in [1.807, 2.05) is 30.3 Å². The fourth-order valence-corrected chi connectivity index (χ4v) is 2.91. The van der Waals surface area contributed by atoms with E-state index in [9.17, 15) is 0 Å². The minimum absolute atomic E-state index is 0.664. The van der Waals surface area contributed by atoms with Crippen molar-refractivity contribution in [2.75, 3.05) is 38.2 Å². The molecule has 3 aromatic rings. The first-order chi connectivity index (χ1) is 11.8. The number of rotatable bonds is 4. The molecule has 0 atom stereocenters. The van der Waals surface area contributed by atoms with Gasteiger partial charge in [-0.25, -0.2) is 4.98 Å². The molecule has 1 aliphatic rings. The van der Waals surface area contributed by atoms with Crippen molar-refractivity contribution in [2.24, 2.45) is 0 Å². The molecule has 1 fully saturated rings. The second-order valence-corrected chi connectivity index (χ2v) is 5.76. The van der Waals surface area contributed by atoms with Gasteiger partial charge in [0.1, 0.15) is 12.1 Å². The predicted octanol–water partition coefficient (Wildman–Crippen LogP) is 0.850. The molecular formula is C16H19N7O. The average molecular weight is 325 g/mol. The lowest BCUT2D eigenvalue weighted by molar-refractivity contribution is 0.245. The van der Waals surface area contributed by atoms with E-state index in [1.54, 1.807) is 18.0 Å². The lowest BCUT2D eigenvalue weighted by atomic mass is 10.2. The molecule has 0 radical (unpaired) electrons. The van der Waals surface area contributed by atoms with Crippen LogP contribution in [0.15, 0.2) is 36.7 Å². The quantitative estimate of drug-likeness (QED) is 0.704. The number of fused-ring (bicyclic) bond motifs is 1. The van der Waals surface area contributed by atoms with Gasteiger partial charge in [-0.05, 0) is 18.2 Å². The summed E-state index contributed by atoms with van der Waals surface area (Å²) in [6.45, 7) is 4.65. The summed E-state index contributed by atoms with van der Waals surface area (Å²) in [4.78, 5) is 9.17. The largest absolute Gasteiger partial charge is 0.481 e. The van der Waals surface area contributed by atoms with Gasteiger partial charge >= 0.3 is 0 Å². The molecule has 0 saturated carbocycles. The van der Waals surface area contributed by atoms with Gasteiger partial charge in [-0.1, -0.05) is 6.07 Å². The first-order valence-corrected chi connectivity index (χ1v) is 7.96. The van der Waals surface area contributed by atoms with Gasteiger partial charge in [0.05, 0.1) is 12.8 Å². The summed E-state index contributed by atoms with van der Waals surface area (Å²) in [5.74, 6) is 1.62. The smallest absolute Gasteiger partial charge is 0.213 e. The third kappa shape index (κ3) is 3.00. The molecule has 8 nitrogen and oxygen atoms in total. The van der Waals surface area contributed by atoms with Crippen molar-refractivity contribution in [3.63, 3.8) is 0 Å². The van der Waals surface area contributed by atoms with Crippen molar-refractivity contribution in [1.82, 2.24) is 29.7 Å². The second kappa shape index (κ2) is 6.40. The summed E-state index contributed by atoms with van der Waals surface area (Å²) in [5.41, 5.74) is 1.80. The van der Waals surface area contributed by atoms with Crippen LogP contribution < -0.4 is 9.64 Å². The Labute approximate surface area is 139 Å². The van der Waals surface area contributed by atoms with Crippen LogP contribution in [0.3, 0.4) is 0 Å². The van der Waals surface area contributed by atoms with Crippen LogP contribution in [-0.2, 0) is 6.54 Å². The third-order valence-electron chi connectivity index (χ3n) is 4.22. The zero-order chi connectivity index (χ0) is 16.4. The van der Waals surface area contributed by atoms with E-state index in [-0.39, 0.29) is 0 Å². The van der Waals surface area contributed by atoms with Crippen molar-refractivity contribution < 1.29 is 4.74 Å². The van der Waals surface area contributed by atoms with Crippen molar-refractivity contribution in [2.45, 2.75) is 6.54 Å². The minimum atomic E-state index is 0.664. The fraction of sp³-hybridized carbons (Fsp3) is 0.375. The molecule has 4 heterocycles. The van der Waals surface area contributed by atoms with Gasteiger partial charge in [0.2, 0.25) is 5.88 Å². The van der Waals surface area contributed by atoms with Crippen LogP contribution in [-0.4, -0.2) is 63.0 Å². The Kier molecular flexibility index (Phi) is 3.96. The number of piperazine rings is 1. The molecule has 24 heavy (non-hydrogen) atoms. The number of anilines is 1. The van der Waals surface area contributed by atoms with Gasteiger partial charge in [-0.3, -0.25) is 4.90 Å². The number of methoxy groups -OCH3 is 1. The van der Waals surface area contributed by atoms with Crippen LogP contribution in [0.2, 0.25) is 0 Å². The van der Waals surface area contributed by atoms with E-state index in [2.05, 4.69) is 30.1 Å². The Balaban J connectivity index is 1.39. The maximum absolute atomic E-state index is 5.19. The van der Waals surface area contributed by atoms with Crippen molar-refractivity contribution in [3.05, 3.63) is 42.4 Å². The summed E-state index contributed by atoms with van der Waals surface area (Å²) in [6, 6.07) is 9.84. The molecule has 0 aliphatic carbocycles. The molecule has 1 saturated heterocycles. The Hall–Kier alpha value is -2.74. The van der Waals surface area contributed by atoms with E-state index in [1.165, 1.54) is 0 Å². The van der Waals surface area contributed by atoms with Crippen molar-refractivity contribution >= 4 is 11.5 Å². The van der Waals surface area contributed by atoms with E-state index in [4.69, 9.17) is 4.74 Å². The molecule has 0 aromatic carbocycles. The van der Waals surface area contributed by atoms with Gasteiger partial charge in [0.15, 0.2) is 5.65 Å². The fourth-order valence-electron chi connectivity index (χ4n) is 2.91. The number of aromatic nitrogens is 5. The first kappa shape index (κ1) is 14.8. The number of pyridine rings is 1. The lowest BCUT2D eigenvalue weighted by Gasteiger charge is -2.35. The van der Waals surface area contributed by atoms with Gasteiger partial charge in [-0.2, -0.15) is 4.52 Å². The summed E-state index contributed by atoms with van der Waals surface area (Å²) in [7, 11) is 1.64. The highest BCUT2D eigenvalue weighted by Crippen LogP contribution is 2.15. The molecular weight excluding hydrogens is 306 g/mol. The standard InChI is InChI=1S/C16H19N7O/c1-24-16-4-2-3-13(18-16)11-21-7-9-22(10-8-21)15-6-5-14-19-17-12-23(14)20-15/h2-6,12H,7-11H2,1H3. The highest BCUT2D eigenvalue weighted by atomic mass is 16.5. The van der Waals surface area contributed by atoms with Crippen molar-refractivity contribution in [1.29, 1.82) is 0 Å². The number of hydrogen-bond acceptors (Lipinski definition) is 7. The first-order valence-electron chi connectivity index (χ1n) is 7.96. The van der Waals surface area contributed by atoms with E-state index >= 15 is 0 Å². The van der Waals surface area contributed by atoms with Gasteiger partial charge in [-0.15, -0.1) is 15.3 Å². The molecule has 0 unspecified atom stereocenters. The molecule has 124 valence electrons. The number of ether oxygens (including phenoxy) is 1. The predicted molar refractivity (Wildman–Crippen MR) is 89.1 cm³/mol. The molecule has 0 amide bonds. The van der Waals surface area contributed by atoms with Crippen LogP contribution in [0.25, 0.3) is 5.65 Å². The summed E-state index contributed by atoms with van der Waals surface area (Å²) in [5, 5.41) is 12.4.